The standard InChI is InChI=1S/C13H19N3O3/c1-2-8-18-9-7-15-13(17)19-10-16-12-5-3-11(14)4-6-12/h3-6,10H,2,7-9,14H2,1H3,(H,15,17). The molecule has 0 spiro atoms. The van der Waals surface area contributed by atoms with E-state index in [1.807, 2.05) is 6.92 Å². The molecule has 0 aliphatic carbocycles. The lowest BCUT2D eigenvalue weighted by molar-refractivity contribution is 0.134. The molecular formula is C13H19N3O3. The summed E-state index contributed by atoms with van der Waals surface area (Å²) in [5.74, 6) is 0. The number of nitrogen functional groups attached to an aromatic ring is 1. The van der Waals surface area contributed by atoms with Gasteiger partial charge in [0.15, 0.2) is 6.40 Å². The van der Waals surface area contributed by atoms with Crippen LogP contribution in [0.25, 0.3) is 0 Å². The number of aliphatic imine (C=N–C) groups is 1. The van der Waals surface area contributed by atoms with Gasteiger partial charge in [0, 0.05) is 18.8 Å². The van der Waals surface area contributed by atoms with Crippen molar-refractivity contribution in [1.82, 2.24) is 5.32 Å². The Labute approximate surface area is 112 Å². The number of nitrogens with two attached hydrogens (primary N) is 1. The average Bonchev–Trinajstić information content (AvgIpc) is 2.41. The van der Waals surface area contributed by atoms with Crippen LogP contribution < -0.4 is 11.1 Å². The lowest BCUT2D eigenvalue weighted by atomic mass is 10.3. The van der Waals surface area contributed by atoms with E-state index in [4.69, 9.17) is 15.2 Å². The number of carbonyl (C=O) groups is 1. The molecule has 0 radical (unpaired) electrons. The molecule has 6 nitrogen and oxygen atoms in total. The first kappa shape index (κ1) is 15.0. The number of amides is 1. The van der Waals surface area contributed by atoms with Crippen LogP contribution in [0.1, 0.15) is 13.3 Å². The topological polar surface area (TPSA) is 85.9 Å². The summed E-state index contributed by atoms with van der Waals surface area (Å²) in [6.07, 6.45) is 1.49. The number of ether oxygens (including phenoxy) is 2. The summed E-state index contributed by atoms with van der Waals surface area (Å²) in [7, 11) is 0. The predicted octanol–water partition coefficient (Wildman–Crippen LogP) is 2.08. The molecule has 6 heteroatoms. The Morgan fingerprint density at radius 2 is 2.11 bits per heavy atom. The fourth-order valence-corrected chi connectivity index (χ4v) is 1.21. The smallest absolute Gasteiger partial charge is 0.399 e. The van der Waals surface area contributed by atoms with E-state index in [1.165, 1.54) is 0 Å². The quantitative estimate of drug-likeness (QED) is 0.342. The van der Waals surface area contributed by atoms with Crippen molar-refractivity contribution >= 4 is 23.9 Å². The van der Waals surface area contributed by atoms with Crippen LogP contribution in [-0.2, 0) is 9.47 Å². The lowest BCUT2D eigenvalue weighted by Gasteiger charge is -2.03. The van der Waals surface area contributed by atoms with Crippen molar-refractivity contribution in [3.63, 3.8) is 0 Å². The molecule has 0 fully saturated rings. The highest BCUT2D eigenvalue weighted by Crippen LogP contribution is 2.12. The molecule has 0 aromatic heterocycles. The van der Waals surface area contributed by atoms with Crippen LogP contribution in [0.4, 0.5) is 16.2 Å². The molecule has 104 valence electrons. The van der Waals surface area contributed by atoms with E-state index in [2.05, 4.69) is 10.3 Å². The third-order valence-corrected chi connectivity index (χ3v) is 2.12. The first-order valence-electron chi connectivity index (χ1n) is 6.12. The van der Waals surface area contributed by atoms with Crippen molar-refractivity contribution < 1.29 is 14.3 Å². The SMILES string of the molecule is CCCOCCNC(=O)OC=Nc1ccc(N)cc1. The van der Waals surface area contributed by atoms with Gasteiger partial charge in [0.05, 0.1) is 12.3 Å². The number of hydrogen-bond donors (Lipinski definition) is 2. The van der Waals surface area contributed by atoms with Gasteiger partial charge in [-0.2, -0.15) is 0 Å². The fourth-order valence-electron chi connectivity index (χ4n) is 1.21. The normalized spacial score (nSPS) is 10.6. The highest BCUT2D eigenvalue weighted by atomic mass is 16.5. The molecule has 0 bridgehead atoms. The minimum Gasteiger partial charge on any atom is -0.399 e. The number of benzene rings is 1. The van der Waals surface area contributed by atoms with Crippen LogP contribution in [0.2, 0.25) is 0 Å². The number of rotatable bonds is 7. The van der Waals surface area contributed by atoms with Gasteiger partial charge in [0.2, 0.25) is 0 Å². The minimum atomic E-state index is -0.556. The van der Waals surface area contributed by atoms with Gasteiger partial charge in [0.1, 0.15) is 0 Å². The Kier molecular flexibility index (Phi) is 7.04. The molecule has 0 atom stereocenters. The van der Waals surface area contributed by atoms with Gasteiger partial charge in [-0.25, -0.2) is 9.79 Å². The van der Waals surface area contributed by atoms with E-state index < -0.39 is 6.09 Å². The molecule has 0 unspecified atom stereocenters. The Morgan fingerprint density at radius 1 is 1.37 bits per heavy atom. The second-order valence-electron chi connectivity index (χ2n) is 3.77. The molecule has 0 saturated heterocycles. The fraction of sp³-hybridized carbons (Fsp3) is 0.385. The van der Waals surface area contributed by atoms with E-state index in [9.17, 15) is 4.79 Å². The number of carbonyl (C=O) groups excluding carboxylic acids is 1. The largest absolute Gasteiger partial charge is 0.413 e. The highest BCUT2D eigenvalue weighted by molar-refractivity contribution is 5.77. The van der Waals surface area contributed by atoms with E-state index in [0.717, 1.165) is 12.8 Å². The third kappa shape index (κ3) is 7.05. The minimum absolute atomic E-state index is 0.411. The van der Waals surface area contributed by atoms with Gasteiger partial charge in [-0.1, -0.05) is 6.92 Å². The van der Waals surface area contributed by atoms with Crippen LogP contribution in [0.3, 0.4) is 0 Å². The molecular weight excluding hydrogens is 246 g/mol. The molecule has 19 heavy (non-hydrogen) atoms. The lowest BCUT2D eigenvalue weighted by Crippen LogP contribution is -2.27. The predicted molar refractivity (Wildman–Crippen MR) is 74.6 cm³/mol. The van der Waals surface area contributed by atoms with E-state index in [0.29, 0.717) is 31.1 Å². The average molecular weight is 265 g/mol. The first-order chi connectivity index (χ1) is 9.22. The second-order valence-corrected chi connectivity index (χ2v) is 3.77. The maximum absolute atomic E-state index is 11.2. The van der Waals surface area contributed by atoms with E-state index >= 15 is 0 Å². The highest BCUT2D eigenvalue weighted by Gasteiger charge is 1.98. The van der Waals surface area contributed by atoms with Crippen molar-refractivity contribution in [3.8, 4) is 0 Å². The van der Waals surface area contributed by atoms with Crippen molar-refractivity contribution in [2.75, 3.05) is 25.5 Å². The summed E-state index contributed by atoms with van der Waals surface area (Å²) in [4.78, 5) is 15.2. The van der Waals surface area contributed by atoms with Gasteiger partial charge in [-0.05, 0) is 30.7 Å². The van der Waals surface area contributed by atoms with Crippen molar-refractivity contribution in [3.05, 3.63) is 24.3 Å². The molecule has 1 amide bonds. The van der Waals surface area contributed by atoms with Gasteiger partial charge in [-0.3, -0.25) is 0 Å². The second kappa shape index (κ2) is 8.93. The molecule has 0 aliphatic rings. The van der Waals surface area contributed by atoms with Crippen LogP contribution in [0, 0.1) is 0 Å². The van der Waals surface area contributed by atoms with Gasteiger partial charge in [-0.15, -0.1) is 0 Å². The molecule has 0 saturated carbocycles. The number of anilines is 1. The zero-order valence-electron chi connectivity index (χ0n) is 11.0. The maximum Gasteiger partial charge on any atom is 0.413 e. The Balaban J connectivity index is 2.17. The molecule has 1 aromatic carbocycles. The van der Waals surface area contributed by atoms with E-state index in [1.54, 1.807) is 24.3 Å². The van der Waals surface area contributed by atoms with Crippen molar-refractivity contribution in [2.45, 2.75) is 13.3 Å². The number of nitrogens with zero attached hydrogens (tertiary/aromatic N) is 1. The molecule has 3 N–H and O–H groups in total. The summed E-state index contributed by atoms with van der Waals surface area (Å²) in [5, 5.41) is 2.54. The zero-order valence-corrected chi connectivity index (χ0v) is 11.0. The summed E-state index contributed by atoms with van der Waals surface area (Å²) in [6, 6.07) is 6.90. The third-order valence-electron chi connectivity index (χ3n) is 2.12. The number of nitrogens with one attached hydrogen (secondary N) is 1. The van der Waals surface area contributed by atoms with Crippen LogP contribution in [0.5, 0.6) is 0 Å². The van der Waals surface area contributed by atoms with E-state index in [-0.39, 0.29) is 0 Å². The zero-order chi connectivity index (χ0) is 13.9. The summed E-state index contributed by atoms with van der Waals surface area (Å²) in [5.41, 5.74) is 6.85. The molecule has 1 rings (SSSR count). The first-order valence-corrected chi connectivity index (χ1v) is 6.12. The summed E-state index contributed by atoms with van der Waals surface area (Å²) < 4.78 is 9.96. The summed E-state index contributed by atoms with van der Waals surface area (Å²) in [6.45, 7) is 3.59. The van der Waals surface area contributed by atoms with Gasteiger partial charge < -0.3 is 20.5 Å². The van der Waals surface area contributed by atoms with Gasteiger partial charge >= 0.3 is 6.09 Å². The van der Waals surface area contributed by atoms with Crippen LogP contribution in [-0.4, -0.2) is 32.3 Å². The van der Waals surface area contributed by atoms with Crippen molar-refractivity contribution in [1.29, 1.82) is 0 Å². The molecule has 1 aromatic rings. The Morgan fingerprint density at radius 3 is 2.79 bits per heavy atom. The Hall–Kier alpha value is -2.08. The van der Waals surface area contributed by atoms with Gasteiger partial charge in [0.25, 0.3) is 0 Å². The summed E-state index contributed by atoms with van der Waals surface area (Å²) >= 11 is 0. The Bertz CT molecular complexity index is 404. The molecule has 0 heterocycles. The van der Waals surface area contributed by atoms with Crippen molar-refractivity contribution in [2.24, 2.45) is 4.99 Å². The maximum atomic E-state index is 11.2. The monoisotopic (exact) mass is 265 g/mol. The number of hydrogen-bond acceptors (Lipinski definition) is 5. The number of alkyl carbamates (subject to hydrolysis) is 1. The van der Waals surface area contributed by atoms with Crippen LogP contribution in [0.15, 0.2) is 29.3 Å². The van der Waals surface area contributed by atoms with Crippen LogP contribution >= 0.6 is 0 Å². The molecule has 0 aliphatic heterocycles.